The largest absolute Gasteiger partial charge is 0.377 e. The second kappa shape index (κ2) is 5.69. The Bertz CT molecular complexity index is 511. The van der Waals surface area contributed by atoms with Gasteiger partial charge in [-0.05, 0) is 26.2 Å². The number of ether oxygens (including phenoxy) is 2. The van der Waals surface area contributed by atoms with Crippen molar-refractivity contribution in [3.8, 4) is 0 Å². The predicted octanol–water partition coefficient (Wildman–Crippen LogP) is 1.20. The first-order chi connectivity index (χ1) is 10.1. The minimum absolute atomic E-state index is 0.0730. The molecule has 0 bridgehead atoms. The molecule has 114 valence electrons. The molecule has 1 aromatic rings. The molecule has 0 aliphatic carbocycles. The van der Waals surface area contributed by atoms with Gasteiger partial charge < -0.3 is 14.4 Å². The van der Waals surface area contributed by atoms with Crippen molar-refractivity contribution >= 4 is 5.91 Å². The Labute approximate surface area is 124 Å². The van der Waals surface area contributed by atoms with Gasteiger partial charge in [0, 0.05) is 26.5 Å². The third-order valence-corrected chi connectivity index (χ3v) is 4.48. The van der Waals surface area contributed by atoms with Crippen LogP contribution in [0, 0.1) is 6.92 Å². The SMILES string of the molecule is CO[C@H]1CN(C(=O)c2cnc(C)cn2)CC[C@@]12CCCO2. The molecule has 3 heterocycles. The number of hydrogen-bond acceptors (Lipinski definition) is 5. The van der Waals surface area contributed by atoms with E-state index in [-0.39, 0.29) is 17.6 Å². The molecule has 1 amide bonds. The van der Waals surface area contributed by atoms with Gasteiger partial charge in [-0.2, -0.15) is 0 Å². The minimum atomic E-state index is -0.204. The van der Waals surface area contributed by atoms with Crippen LogP contribution in [0.3, 0.4) is 0 Å². The van der Waals surface area contributed by atoms with Gasteiger partial charge in [-0.1, -0.05) is 0 Å². The van der Waals surface area contributed by atoms with Crippen molar-refractivity contribution in [2.45, 2.75) is 37.9 Å². The van der Waals surface area contributed by atoms with E-state index in [1.54, 1.807) is 18.2 Å². The van der Waals surface area contributed by atoms with Gasteiger partial charge in [0.2, 0.25) is 0 Å². The summed E-state index contributed by atoms with van der Waals surface area (Å²) >= 11 is 0. The molecule has 2 aliphatic heterocycles. The Kier molecular flexibility index (Phi) is 3.91. The third-order valence-electron chi connectivity index (χ3n) is 4.48. The Morgan fingerprint density at radius 1 is 1.43 bits per heavy atom. The number of carbonyl (C=O) groups is 1. The number of methoxy groups -OCH3 is 1. The molecule has 0 saturated carbocycles. The first-order valence-electron chi connectivity index (χ1n) is 7.39. The molecular weight excluding hydrogens is 270 g/mol. The molecule has 0 aromatic carbocycles. The molecule has 2 atom stereocenters. The van der Waals surface area contributed by atoms with Gasteiger partial charge in [-0.3, -0.25) is 9.78 Å². The van der Waals surface area contributed by atoms with Gasteiger partial charge in [0.05, 0.1) is 24.0 Å². The normalized spacial score (nSPS) is 29.0. The first-order valence-corrected chi connectivity index (χ1v) is 7.39. The highest BCUT2D eigenvalue weighted by atomic mass is 16.5. The molecule has 21 heavy (non-hydrogen) atoms. The van der Waals surface area contributed by atoms with Gasteiger partial charge in [-0.25, -0.2) is 4.98 Å². The molecule has 6 heteroatoms. The summed E-state index contributed by atoms with van der Waals surface area (Å²) in [5.74, 6) is -0.0857. The van der Waals surface area contributed by atoms with Crippen molar-refractivity contribution in [1.82, 2.24) is 14.9 Å². The number of aromatic nitrogens is 2. The van der Waals surface area contributed by atoms with E-state index < -0.39 is 0 Å². The quantitative estimate of drug-likeness (QED) is 0.819. The summed E-state index contributed by atoms with van der Waals surface area (Å²) in [4.78, 5) is 22.6. The highest BCUT2D eigenvalue weighted by Gasteiger charge is 2.47. The number of aryl methyl sites for hydroxylation is 1. The summed E-state index contributed by atoms with van der Waals surface area (Å²) in [6, 6.07) is 0. The Morgan fingerprint density at radius 3 is 2.90 bits per heavy atom. The van der Waals surface area contributed by atoms with Crippen molar-refractivity contribution in [3.63, 3.8) is 0 Å². The number of likely N-dealkylation sites (tertiary alicyclic amines) is 1. The van der Waals surface area contributed by atoms with Crippen LogP contribution in [0.2, 0.25) is 0 Å². The van der Waals surface area contributed by atoms with E-state index in [1.165, 1.54) is 6.20 Å². The van der Waals surface area contributed by atoms with Crippen molar-refractivity contribution in [2.75, 3.05) is 26.8 Å². The number of rotatable bonds is 2. The summed E-state index contributed by atoms with van der Waals surface area (Å²) in [7, 11) is 1.69. The molecule has 0 unspecified atom stereocenters. The number of amides is 1. The van der Waals surface area contributed by atoms with Gasteiger partial charge in [0.1, 0.15) is 11.8 Å². The maximum Gasteiger partial charge on any atom is 0.274 e. The van der Waals surface area contributed by atoms with Gasteiger partial charge >= 0.3 is 0 Å². The van der Waals surface area contributed by atoms with Crippen molar-refractivity contribution in [2.24, 2.45) is 0 Å². The number of hydrogen-bond donors (Lipinski definition) is 0. The lowest BCUT2D eigenvalue weighted by Gasteiger charge is -2.44. The number of nitrogens with zero attached hydrogens (tertiary/aromatic N) is 3. The zero-order valence-corrected chi connectivity index (χ0v) is 12.5. The van der Waals surface area contributed by atoms with Crippen LogP contribution in [0.4, 0.5) is 0 Å². The van der Waals surface area contributed by atoms with Crippen LogP contribution in [0.15, 0.2) is 12.4 Å². The predicted molar refractivity (Wildman–Crippen MR) is 76.0 cm³/mol. The summed E-state index contributed by atoms with van der Waals surface area (Å²) in [6.45, 7) is 3.86. The van der Waals surface area contributed by atoms with E-state index in [9.17, 15) is 4.79 Å². The smallest absolute Gasteiger partial charge is 0.274 e. The second-order valence-electron chi connectivity index (χ2n) is 5.79. The zero-order chi connectivity index (χ0) is 14.9. The standard InChI is InChI=1S/C15H21N3O3/c1-11-8-17-12(9-16-11)14(19)18-6-5-15(4-3-7-21-15)13(10-18)20-2/h8-9,13H,3-7,10H2,1-2H3/t13-,15-/m0/s1. The highest BCUT2D eigenvalue weighted by Crippen LogP contribution is 2.37. The molecule has 2 saturated heterocycles. The zero-order valence-electron chi connectivity index (χ0n) is 12.5. The van der Waals surface area contributed by atoms with Gasteiger partial charge in [0.25, 0.3) is 5.91 Å². The second-order valence-corrected chi connectivity index (χ2v) is 5.79. The molecule has 0 N–H and O–H groups in total. The van der Waals surface area contributed by atoms with Crippen molar-refractivity contribution in [3.05, 3.63) is 23.8 Å². The molecule has 2 fully saturated rings. The van der Waals surface area contributed by atoms with E-state index in [0.29, 0.717) is 18.8 Å². The maximum absolute atomic E-state index is 12.5. The first kappa shape index (κ1) is 14.4. The fraction of sp³-hybridized carbons (Fsp3) is 0.667. The number of carbonyl (C=O) groups excluding carboxylic acids is 1. The summed E-state index contributed by atoms with van der Waals surface area (Å²) < 4.78 is 11.6. The van der Waals surface area contributed by atoms with Crippen molar-refractivity contribution in [1.29, 1.82) is 0 Å². The Balaban J connectivity index is 1.73. The lowest BCUT2D eigenvalue weighted by molar-refractivity contribution is -0.136. The van der Waals surface area contributed by atoms with E-state index in [2.05, 4.69) is 9.97 Å². The molecule has 1 spiro atoms. The molecule has 0 radical (unpaired) electrons. The monoisotopic (exact) mass is 291 g/mol. The molecule has 1 aromatic heterocycles. The van der Waals surface area contributed by atoms with Crippen LogP contribution in [0.1, 0.15) is 35.4 Å². The highest BCUT2D eigenvalue weighted by molar-refractivity contribution is 5.92. The van der Waals surface area contributed by atoms with Crippen LogP contribution in [0.5, 0.6) is 0 Å². The van der Waals surface area contributed by atoms with Crippen LogP contribution < -0.4 is 0 Å². The van der Waals surface area contributed by atoms with Gasteiger partial charge in [-0.15, -0.1) is 0 Å². The molecule has 3 rings (SSSR count). The van der Waals surface area contributed by atoms with Crippen molar-refractivity contribution < 1.29 is 14.3 Å². The number of piperidine rings is 1. The molecular formula is C15H21N3O3. The van der Waals surface area contributed by atoms with E-state index in [0.717, 1.165) is 31.6 Å². The van der Waals surface area contributed by atoms with Crippen LogP contribution >= 0.6 is 0 Å². The van der Waals surface area contributed by atoms with E-state index in [4.69, 9.17) is 9.47 Å². The van der Waals surface area contributed by atoms with E-state index in [1.807, 2.05) is 6.92 Å². The lowest BCUT2D eigenvalue weighted by atomic mass is 9.85. The lowest BCUT2D eigenvalue weighted by Crippen LogP contribution is -2.57. The molecule has 2 aliphatic rings. The topological polar surface area (TPSA) is 64.5 Å². The summed E-state index contributed by atoms with van der Waals surface area (Å²) in [5.41, 5.74) is 0.988. The molecule has 6 nitrogen and oxygen atoms in total. The minimum Gasteiger partial charge on any atom is -0.377 e. The van der Waals surface area contributed by atoms with E-state index >= 15 is 0 Å². The summed E-state index contributed by atoms with van der Waals surface area (Å²) in [6.07, 6.45) is 5.98. The summed E-state index contributed by atoms with van der Waals surface area (Å²) in [5, 5.41) is 0. The Hall–Kier alpha value is -1.53. The fourth-order valence-corrected chi connectivity index (χ4v) is 3.25. The Morgan fingerprint density at radius 2 is 2.29 bits per heavy atom. The van der Waals surface area contributed by atoms with Crippen LogP contribution in [-0.2, 0) is 9.47 Å². The average molecular weight is 291 g/mol. The van der Waals surface area contributed by atoms with Crippen LogP contribution in [0.25, 0.3) is 0 Å². The van der Waals surface area contributed by atoms with Gasteiger partial charge in [0.15, 0.2) is 0 Å². The third kappa shape index (κ3) is 2.65. The van der Waals surface area contributed by atoms with Crippen LogP contribution in [-0.4, -0.2) is 59.3 Å². The fourth-order valence-electron chi connectivity index (χ4n) is 3.25. The average Bonchev–Trinajstić information content (AvgIpc) is 2.97. The maximum atomic E-state index is 12.5.